The van der Waals surface area contributed by atoms with E-state index in [9.17, 15) is 36.0 Å². The van der Waals surface area contributed by atoms with Crippen molar-refractivity contribution in [3.8, 4) is 23.0 Å². The number of primary amides is 2. The number of nitrogens with one attached hydrogen (secondary N) is 2. The molecule has 4 amide bonds. The van der Waals surface area contributed by atoms with Crippen LogP contribution < -0.4 is 39.9 Å². The summed E-state index contributed by atoms with van der Waals surface area (Å²) in [5.41, 5.74) is 16.9. The van der Waals surface area contributed by atoms with Crippen LogP contribution in [0.3, 0.4) is 0 Å². The van der Waals surface area contributed by atoms with Crippen molar-refractivity contribution in [3.63, 3.8) is 0 Å². The number of fused-ring (bicyclic) bond motifs is 4. The second kappa shape index (κ2) is 21.2. The third kappa shape index (κ3) is 10.6. The lowest BCUT2D eigenvalue weighted by Gasteiger charge is -2.18. The van der Waals surface area contributed by atoms with Crippen molar-refractivity contribution in [2.45, 2.75) is 48.3 Å². The first-order valence-corrected chi connectivity index (χ1v) is 26.8. The lowest BCUT2D eigenvalue weighted by molar-refractivity contribution is -0.120. The van der Waals surface area contributed by atoms with Gasteiger partial charge in [0.1, 0.15) is 0 Å². The minimum Gasteiger partial charge on any atom is -0.454 e. The fourth-order valence-electron chi connectivity index (χ4n) is 9.30. The molecule has 2 aromatic heterocycles. The molecule has 0 saturated carbocycles. The number of carbonyl (C=O) groups excluding carboxylic acids is 4. The van der Waals surface area contributed by atoms with Crippen molar-refractivity contribution in [1.29, 1.82) is 0 Å². The molecule has 2 atom stereocenters. The summed E-state index contributed by atoms with van der Waals surface area (Å²) in [6.07, 6.45) is 8.94. The molecule has 0 fully saturated rings. The van der Waals surface area contributed by atoms with E-state index in [0.29, 0.717) is 78.2 Å². The van der Waals surface area contributed by atoms with Crippen molar-refractivity contribution >= 4 is 71.6 Å². The Hall–Kier alpha value is -8.88. The Balaban J connectivity index is 0.000000186. The molecule has 10 rings (SSSR count). The number of benzene rings is 6. The molecule has 0 aliphatic carbocycles. The number of amides is 4. The molecule has 6 aromatic carbocycles. The number of aromatic nitrogens is 2. The number of nitrogens with zero attached hydrogens (tertiary/aromatic N) is 2. The van der Waals surface area contributed by atoms with Crippen molar-refractivity contribution < 1.29 is 55.0 Å². The molecule has 20 heteroatoms. The number of rotatable bonds is 15. The van der Waals surface area contributed by atoms with Gasteiger partial charge in [-0.2, -0.15) is 0 Å². The predicted molar refractivity (Wildman–Crippen MR) is 284 cm³/mol. The number of allylic oxidation sites excluding steroid dienone is 1. The molecule has 0 spiro atoms. The molecule has 2 unspecified atom stereocenters. The first-order chi connectivity index (χ1) is 36.3. The summed E-state index contributed by atoms with van der Waals surface area (Å²) in [7, 11) is -4.78. The van der Waals surface area contributed by atoms with Gasteiger partial charge in [0.05, 0.1) is 21.6 Å². The zero-order valence-corrected chi connectivity index (χ0v) is 43.2. The Labute approximate surface area is 437 Å². The highest BCUT2D eigenvalue weighted by Gasteiger charge is 2.34. The highest BCUT2D eigenvalue weighted by molar-refractivity contribution is 7.90. The summed E-state index contributed by atoms with van der Waals surface area (Å²) in [4.78, 5) is 51.0. The van der Waals surface area contributed by atoms with E-state index in [1.165, 1.54) is 24.3 Å². The topological polar surface area (TPSA) is 259 Å². The maximum Gasteiger partial charge on any atom is 0.264 e. The van der Waals surface area contributed by atoms with E-state index in [1.807, 2.05) is 26.0 Å². The molecule has 4 heterocycles. The molecular weight excluding hydrogens is 1010 g/mol. The van der Waals surface area contributed by atoms with E-state index in [4.69, 9.17) is 30.4 Å². The summed E-state index contributed by atoms with van der Waals surface area (Å²) in [5.74, 6) is -2.67. The molecule has 2 aliphatic heterocycles. The highest BCUT2D eigenvalue weighted by Crippen LogP contribution is 2.41. The van der Waals surface area contributed by atoms with Gasteiger partial charge in [-0.3, -0.25) is 19.2 Å². The lowest BCUT2D eigenvalue weighted by atomic mass is 9.90. The summed E-state index contributed by atoms with van der Waals surface area (Å²) in [6, 6.07) is 32.7. The summed E-state index contributed by atoms with van der Waals surface area (Å²) in [5, 5.41) is 1.35. The van der Waals surface area contributed by atoms with Gasteiger partial charge < -0.3 is 39.5 Å². The number of aryl methyl sites for hydroxylation is 3. The summed E-state index contributed by atoms with van der Waals surface area (Å²) in [6.45, 7) is 4.02. The Morgan fingerprint density at radius 1 is 0.579 bits per heavy atom. The monoisotopic (exact) mass is 1060 g/mol. The van der Waals surface area contributed by atoms with E-state index in [1.54, 1.807) is 133 Å². The van der Waals surface area contributed by atoms with Gasteiger partial charge in [-0.1, -0.05) is 74.0 Å². The van der Waals surface area contributed by atoms with E-state index in [2.05, 4.69) is 9.44 Å². The largest absolute Gasteiger partial charge is 0.454 e. The molecule has 390 valence electrons. The second-order valence-electron chi connectivity index (χ2n) is 18.1. The second-order valence-corrected chi connectivity index (χ2v) is 21.4. The standard InChI is InChI=1S/C28H27N3O6S.C28H25N3O6S/c2*1-3-4-17-5-9-20(10-6-17)38(34,35)30-28(33)26(18-8-12-24-25(14-18)37-16-36-24)22-15-31(2)23-13-19(27(29)32)7-11-21(22)23/h5-15,26H,3-4,16H2,1-2H3,(H2,29,32)(H,30,33);3-15,26H,16H2,1-2H3,(H2,29,32)(H,30,33)/b;4-3+. The quantitative estimate of drug-likeness (QED) is 0.0790. The molecule has 0 bridgehead atoms. The van der Waals surface area contributed by atoms with Gasteiger partial charge in [0.15, 0.2) is 23.0 Å². The van der Waals surface area contributed by atoms with Crippen molar-refractivity contribution in [3.05, 3.63) is 184 Å². The normalized spacial score (nSPS) is 13.5. The Bertz CT molecular complexity index is 3870. The van der Waals surface area contributed by atoms with Crippen LogP contribution in [0.5, 0.6) is 23.0 Å². The van der Waals surface area contributed by atoms with Crippen LogP contribution in [0.4, 0.5) is 0 Å². The molecule has 2 aliphatic rings. The van der Waals surface area contributed by atoms with E-state index < -0.39 is 55.5 Å². The van der Waals surface area contributed by atoms with E-state index in [-0.39, 0.29) is 23.4 Å². The number of hydrogen-bond acceptors (Lipinski definition) is 12. The Morgan fingerprint density at radius 2 is 1.00 bits per heavy atom. The fourth-order valence-corrected chi connectivity index (χ4v) is 11.3. The number of carbonyl (C=O) groups is 4. The number of nitrogens with two attached hydrogens (primary N) is 2. The van der Waals surface area contributed by atoms with Crippen LogP contribution in [0.2, 0.25) is 0 Å². The van der Waals surface area contributed by atoms with Crippen LogP contribution in [0, 0.1) is 0 Å². The van der Waals surface area contributed by atoms with Crippen LogP contribution in [0.25, 0.3) is 27.9 Å². The lowest BCUT2D eigenvalue weighted by Crippen LogP contribution is -2.35. The van der Waals surface area contributed by atoms with Gasteiger partial charge in [0.25, 0.3) is 20.0 Å². The Kier molecular flexibility index (Phi) is 14.5. The van der Waals surface area contributed by atoms with Crippen LogP contribution in [0.15, 0.2) is 150 Å². The maximum atomic E-state index is 13.8. The third-order valence-corrected chi connectivity index (χ3v) is 15.7. The van der Waals surface area contributed by atoms with E-state index in [0.717, 1.165) is 24.0 Å². The van der Waals surface area contributed by atoms with Crippen LogP contribution >= 0.6 is 0 Å². The maximum absolute atomic E-state index is 13.8. The summed E-state index contributed by atoms with van der Waals surface area (Å²) >= 11 is 0. The number of hydrogen-bond donors (Lipinski definition) is 4. The first-order valence-electron chi connectivity index (χ1n) is 23.9. The number of ether oxygens (including phenoxy) is 4. The van der Waals surface area contributed by atoms with Gasteiger partial charge in [-0.15, -0.1) is 0 Å². The van der Waals surface area contributed by atoms with Gasteiger partial charge in [0.2, 0.25) is 37.2 Å². The first kappa shape index (κ1) is 52.0. The van der Waals surface area contributed by atoms with Gasteiger partial charge >= 0.3 is 0 Å². The molecule has 0 radical (unpaired) electrons. The molecular formula is C56H52N6O12S2. The molecule has 0 saturated heterocycles. The van der Waals surface area contributed by atoms with Gasteiger partial charge in [-0.05, 0) is 120 Å². The zero-order valence-electron chi connectivity index (χ0n) is 41.6. The van der Waals surface area contributed by atoms with Crippen molar-refractivity contribution in [1.82, 2.24) is 18.6 Å². The highest BCUT2D eigenvalue weighted by atomic mass is 32.2. The minimum absolute atomic E-state index is 0.000778. The minimum atomic E-state index is -4.18. The molecule has 18 nitrogen and oxygen atoms in total. The van der Waals surface area contributed by atoms with Gasteiger partial charge in [-0.25, -0.2) is 26.3 Å². The zero-order chi connectivity index (χ0) is 54.1. The van der Waals surface area contributed by atoms with Crippen LogP contribution in [-0.2, 0) is 50.2 Å². The average Bonchev–Trinajstić information content (AvgIpc) is 4.22. The SMILES string of the molecule is C/C=C/c1ccc(S(=O)(=O)NC(=O)C(c2ccc3c(c2)OCO3)c2cn(C)c3cc(C(N)=O)ccc23)cc1.CCCc1ccc(S(=O)(=O)NC(=O)C(c2ccc3c(c2)OCO3)c2cn(C)c3cc(C(N)=O)ccc23)cc1. The summed E-state index contributed by atoms with van der Waals surface area (Å²) < 4.78 is 82.7. The van der Waals surface area contributed by atoms with E-state index >= 15 is 0 Å². The fraction of sp³-hybridized carbons (Fsp3) is 0.179. The molecule has 76 heavy (non-hydrogen) atoms. The van der Waals surface area contributed by atoms with Crippen LogP contribution in [0.1, 0.15) is 86.2 Å². The average molecular weight is 1070 g/mol. The molecule has 8 aromatic rings. The third-order valence-electron chi connectivity index (χ3n) is 13.0. The molecule has 6 N–H and O–H groups in total. The number of sulfonamides is 2. The van der Waals surface area contributed by atoms with Gasteiger partial charge in [0, 0.05) is 59.4 Å². The van der Waals surface area contributed by atoms with Crippen molar-refractivity contribution in [2.24, 2.45) is 25.6 Å². The van der Waals surface area contributed by atoms with Crippen molar-refractivity contribution in [2.75, 3.05) is 13.6 Å². The smallest absolute Gasteiger partial charge is 0.264 e. The van der Waals surface area contributed by atoms with Crippen LogP contribution in [-0.4, -0.2) is 63.2 Å². The Morgan fingerprint density at radius 3 is 1.41 bits per heavy atom. The predicted octanol–water partition coefficient (Wildman–Crippen LogP) is 7.27.